The van der Waals surface area contributed by atoms with Crippen LogP contribution < -0.4 is 5.32 Å². The van der Waals surface area contributed by atoms with Crippen LogP contribution in [0.5, 0.6) is 0 Å². The van der Waals surface area contributed by atoms with Crippen LogP contribution in [0.25, 0.3) is 0 Å². The number of rotatable bonds is 4. The van der Waals surface area contributed by atoms with Crippen molar-refractivity contribution in [2.24, 2.45) is 11.8 Å². The summed E-state index contributed by atoms with van der Waals surface area (Å²) in [5.74, 6) is 1.63. The predicted molar refractivity (Wildman–Crippen MR) is 79.3 cm³/mol. The third-order valence-corrected chi connectivity index (χ3v) is 4.92. The maximum absolute atomic E-state index is 6.18. The first-order chi connectivity index (χ1) is 8.61. The molecule has 0 bridgehead atoms. The Morgan fingerprint density at radius 2 is 2.06 bits per heavy atom. The summed E-state index contributed by atoms with van der Waals surface area (Å²) in [6.45, 7) is 5.46. The molecule has 0 amide bonds. The lowest BCUT2D eigenvalue weighted by Crippen LogP contribution is -2.32. The molecule has 0 radical (unpaired) electrons. The Balaban J connectivity index is 1.94. The van der Waals surface area contributed by atoms with Crippen molar-refractivity contribution in [2.45, 2.75) is 45.7 Å². The van der Waals surface area contributed by atoms with E-state index in [9.17, 15) is 0 Å². The SMILES string of the molecule is CCC1CCC(NCc2cc(Cl)ccc2Cl)C1C. The normalized spacial score (nSPS) is 27.7. The molecular weight excluding hydrogens is 265 g/mol. The van der Waals surface area contributed by atoms with Gasteiger partial charge in [-0.05, 0) is 48.4 Å². The molecule has 0 spiro atoms. The molecule has 3 heteroatoms. The molecule has 1 aromatic rings. The van der Waals surface area contributed by atoms with Crippen LogP contribution in [-0.4, -0.2) is 6.04 Å². The largest absolute Gasteiger partial charge is 0.310 e. The van der Waals surface area contributed by atoms with Gasteiger partial charge in [0.25, 0.3) is 0 Å². The first kappa shape index (κ1) is 14.2. The van der Waals surface area contributed by atoms with Gasteiger partial charge in [0.1, 0.15) is 0 Å². The molecule has 100 valence electrons. The van der Waals surface area contributed by atoms with Crippen LogP contribution in [0, 0.1) is 11.8 Å². The summed E-state index contributed by atoms with van der Waals surface area (Å²) in [6.07, 6.45) is 3.91. The van der Waals surface area contributed by atoms with E-state index >= 15 is 0 Å². The highest BCUT2D eigenvalue weighted by atomic mass is 35.5. The molecule has 1 N–H and O–H groups in total. The van der Waals surface area contributed by atoms with Gasteiger partial charge in [-0.1, -0.05) is 43.5 Å². The summed E-state index contributed by atoms with van der Waals surface area (Å²) >= 11 is 12.2. The predicted octanol–water partition coefficient (Wildman–Crippen LogP) is 4.91. The molecule has 0 saturated heterocycles. The molecule has 0 aromatic heterocycles. The van der Waals surface area contributed by atoms with E-state index in [0.717, 1.165) is 34.0 Å². The highest BCUT2D eigenvalue weighted by Crippen LogP contribution is 2.34. The van der Waals surface area contributed by atoms with Gasteiger partial charge in [-0.2, -0.15) is 0 Å². The zero-order valence-electron chi connectivity index (χ0n) is 11.0. The van der Waals surface area contributed by atoms with Crippen LogP contribution >= 0.6 is 23.2 Å². The Labute approximate surface area is 120 Å². The monoisotopic (exact) mass is 285 g/mol. The van der Waals surface area contributed by atoms with Gasteiger partial charge >= 0.3 is 0 Å². The summed E-state index contributed by atoms with van der Waals surface area (Å²) in [7, 11) is 0. The highest BCUT2D eigenvalue weighted by molar-refractivity contribution is 6.33. The summed E-state index contributed by atoms with van der Waals surface area (Å²) in [6, 6.07) is 6.27. The Hall–Kier alpha value is -0.240. The van der Waals surface area contributed by atoms with E-state index in [2.05, 4.69) is 19.2 Å². The molecule has 18 heavy (non-hydrogen) atoms. The van der Waals surface area contributed by atoms with Gasteiger partial charge in [-0.3, -0.25) is 0 Å². The number of hydrogen-bond donors (Lipinski definition) is 1. The first-order valence-corrected chi connectivity index (χ1v) is 7.54. The van der Waals surface area contributed by atoms with Crippen molar-refractivity contribution in [2.75, 3.05) is 0 Å². The van der Waals surface area contributed by atoms with Gasteiger partial charge in [0.05, 0.1) is 0 Å². The van der Waals surface area contributed by atoms with Crippen molar-refractivity contribution in [1.29, 1.82) is 0 Å². The zero-order valence-corrected chi connectivity index (χ0v) is 12.6. The summed E-state index contributed by atoms with van der Waals surface area (Å²) in [4.78, 5) is 0. The minimum Gasteiger partial charge on any atom is -0.310 e. The molecule has 0 heterocycles. The molecule has 2 rings (SSSR count). The Kier molecular flexibility index (Phi) is 4.94. The van der Waals surface area contributed by atoms with E-state index < -0.39 is 0 Å². The molecule has 3 atom stereocenters. The van der Waals surface area contributed by atoms with Crippen molar-refractivity contribution in [3.05, 3.63) is 33.8 Å². The lowest BCUT2D eigenvalue weighted by molar-refractivity contribution is 0.344. The molecule has 3 unspecified atom stereocenters. The number of benzene rings is 1. The van der Waals surface area contributed by atoms with E-state index in [4.69, 9.17) is 23.2 Å². The molecular formula is C15H21Cl2N. The molecule has 1 nitrogen and oxygen atoms in total. The molecule has 1 saturated carbocycles. The lowest BCUT2D eigenvalue weighted by atomic mass is 9.93. The van der Waals surface area contributed by atoms with Gasteiger partial charge in [0.15, 0.2) is 0 Å². The summed E-state index contributed by atoms with van der Waals surface area (Å²) in [5, 5.41) is 5.18. The van der Waals surface area contributed by atoms with E-state index in [-0.39, 0.29) is 0 Å². The molecule has 1 aliphatic carbocycles. The maximum Gasteiger partial charge on any atom is 0.0451 e. The van der Waals surface area contributed by atoms with Crippen LogP contribution in [0.4, 0.5) is 0 Å². The maximum atomic E-state index is 6.18. The lowest BCUT2D eigenvalue weighted by Gasteiger charge is -2.21. The van der Waals surface area contributed by atoms with Crippen molar-refractivity contribution in [3.63, 3.8) is 0 Å². The van der Waals surface area contributed by atoms with E-state index in [1.54, 1.807) is 0 Å². The van der Waals surface area contributed by atoms with Crippen molar-refractivity contribution < 1.29 is 0 Å². The second kappa shape index (κ2) is 6.27. The minimum absolute atomic E-state index is 0.616. The molecule has 0 aliphatic heterocycles. The first-order valence-electron chi connectivity index (χ1n) is 6.79. The standard InChI is InChI=1S/C15H21Cl2N/c1-3-11-4-7-15(10(11)2)18-9-12-8-13(16)5-6-14(12)17/h5-6,8,10-11,15,18H,3-4,7,9H2,1-2H3. The fourth-order valence-corrected chi connectivity index (χ4v) is 3.41. The van der Waals surface area contributed by atoms with Crippen LogP contribution in [0.15, 0.2) is 18.2 Å². The highest BCUT2D eigenvalue weighted by Gasteiger charge is 2.30. The topological polar surface area (TPSA) is 12.0 Å². The van der Waals surface area contributed by atoms with Gasteiger partial charge in [-0.15, -0.1) is 0 Å². The van der Waals surface area contributed by atoms with Crippen molar-refractivity contribution >= 4 is 23.2 Å². The number of hydrogen-bond acceptors (Lipinski definition) is 1. The third-order valence-electron chi connectivity index (χ3n) is 4.31. The van der Waals surface area contributed by atoms with Gasteiger partial charge in [-0.25, -0.2) is 0 Å². The van der Waals surface area contributed by atoms with E-state index in [1.807, 2.05) is 18.2 Å². The molecule has 1 fully saturated rings. The Morgan fingerprint density at radius 1 is 1.28 bits per heavy atom. The summed E-state index contributed by atoms with van der Waals surface area (Å²) in [5.41, 5.74) is 1.09. The fourth-order valence-electron chi connectivity index (χ4n) is 3.03. The van der Waals surface area contributed by atoms with Crippen LogP contribution in [0.3, 0.4) is 0 Å². The second-order valence-electron chi connectivity index (χ2n) is 5.33. The van der Waals surface area contributed by atoms with Gasteiger partial charge in [0.2, 0.25) is 0 Å². The molecule has 1 aromatic carbocycles. The average Bonchev–Trinajstić information content (AvgIpc) is 2.71. The smallest absolute Gasteiger partial charge is 0.0451 e. The zero-order chi connectivity index (χ0) is 13.1. The van der Waals surface area contributed by atoms with E-state index in [0.29, 0.717) is 6.04 Å². The van der Waals surface area contributed by atoms with Crippen molar-refractivity contribution in [1.82, 2.24) is 5.32 Å². The van der Waals surface area contributed by atoms with Crippen molar-refractivity contribution in [3.8, 4) is 0 Å². The van der Waals surface area contributed by atoms with Crippen LogP contribution in [-0.2, 0) is 6.54 Å². The number of halogens is 2. The minimum atomic E-state index is 0.616. The van der Waals surface area contributed by atoms with Crippen LogP contribution in [0.2, 0.25) is 10.0 Å². The second-order valence-corrected chi connectivity index (χ2v) is 6.17. The quantitative estimate of drug-likeness (QED) is 0.829. The van der Waals surface area contributed by atoms with Crippen LogP contribution in [0.1, 0.15) is 38.7 Å². The fraction of sp³-hybridized carbons (Fsp3) is 0.600. The molecule has 1 aliphatic rings. The summed E-state index contributed by atoms with van der Waals surface area (Å²) < 4.78 is 0. The Bertz CT molecular complexity index is 405. The number of nitrogens with one attached hydrogen (secondary N) is 1. The van der Waals surface area contributed by atoms with E-state index in [1.165, 1.54) is 19.3 Å². The average molecular weight is 286 g/mol. The van der Waals surface area contributed by atoms with Gasteiger partial charge < -0.3 is 5.32 Å². The van der Waals surface area contributed by atoms with Gasteiger partial charge in [0, 0.05) is 22.6 Å². The third kappa shape index (κ3) is 3.20. The Morgan fingerprint density at radius 3 is 2.72 bits per heavy atom.